The molecule has 0 saturated carbocycles. The van der Waals surface area contributed by atoms with Gasteiger partial charge in [-0.25, -0.2) is 4.68 Å². The van der Waals surface area contributed by atoms with Crippen LogP contribution in [0.4, 0.5) is 4.53 Å². The molecule has 0 radical (unpaired) electrons. The third-order valence-electron chi connectivity index (χ3n) is 2.74. The van der Waals surface area contributed by atoms with E-state index in [0.29, 0.717) is 5.69 Å². The quantitative estimate of drug-likeness (QED) is 0.710. The Balaban J connectivity index is 2.66. The molecule has 0 aliphatic rings. The molecule has 108 valence electrons. The van der Waals surface area contributed by atoms with Crippen LogP contribution >= 0.6 is 15.9 Å². The fourth-order valence-electron chi connectivity index (χ4n) is 1.96. The lowest BCUT2D eigenvalue weighted by molar-refractivity contribution is -0.00656. The number of para-hydroxylation sites is 1. The van der Waals surface area contributed by atoms with E-state index < -0.39 is 0 Å². The van der Waals surface area contributed by atoms with Crippen molar-refractivity contribution in [1.82, 2.24) is 9.78 Å². The average molecular weight is 349 g/mol. The first-order chi connectivity index (χ1) is 10.2. The van der Waals surface area contributed by atoms with Gasteiger partial charge in [0, 0.05) is 10.1 Å². The second-order valence-corrected chi connectivity index (χ2v) is 5.52. The summed E-state index contributed by atoms with van der Waals surface area (Å²) in [7, 11) is 0. The minimum atomic E-state index is 0.0527. The molecule has 0 aliphatic carbocycles. The highest BCUT2D eigenvalue weighted by Crippen LogP contribution is 2.31. The molecule has 0 N–H and O–H groups in total. The Morgan fingerprint density at radius 1 is 1.38 bits per heavy atom. The molecule has 0 aliphatic heterocycles. The van der Waals surface area contributed by atoms with Crippen molar-refractivity contribution in [3.05, 3.63) is 71.5 Å². The van der Waals surface area contributed by atoms with Crippen LogP contribution in [0.15, 0.2) is 65.8 Å². The third-order valence-corrected chi connectivity index (χ3v) is 2.97. The van der Waals surface area contributed by atoms with Crippen molar-refractivity contribution in [2.45, 2.75) is 6.92 Å². The molecule has 0 amide bonds. The van der Waals surface area contributed by atoms with Crippen LogP contribution in [0.5, 0.6) is 5.75 Å². The molecule has 0 spiro atoms. The molecule has 0 unspecified atom stereocenters. The number of nitrogens with zero attached hydrogens (tertiary/aromatic N) is 2. The molecular weight excluding hydrogens is 335 g/mol. The second kappa shape index (κ2) is 7.04. The van der Waals surface area contributed by atoms with Crippen molar-refractivity contribution in [3.8, 4) is 11.4 Å². The number of aromatic nitrogens is 2. The molecular formula is C16H14BrFN2O. The van der Waals surface area contributed by atoms with E-state index in [9.17, 15) is 4.53 Å². The van der Waals surface area contributed by atoms with Crippen molar-refractivity contribution in [3.63, 3.8) is 0 Å². The van der Waals surface area contributed by atoms with Crippen LogP contribution in [0.1, 0.15) is 12.6 Å². The van der Waals surface area contributed by atoms with E-state index in [1.807, 2.05) is 43.3 Å². The van der Waals surface area contributed by atoms with E-state index in [2.05, 4.69) is 32.5 Å². The van der Waals surface area contributed by atoms with Crippen LogP contribution in [-0.2, 0) is 0 Å². The van der Waals surface area contributed by atoms with Crippen molar-refractivity contribution in [2.24, 2.45) is 0 Å². The Labute approximate surface area is 131 Å². The molecule has 0 fully saturated rings. The van der Waals surface area contributed by atoms with E-state index in [1.165, 1.54) is 6.20 Å². The minimum Gasteiger partial charge on any atom is -0.290 e. The maximum atomic E-state index is 12.8. The lowest BCUT2D eigenvalue weighted by Gasteiger charge is -2.09. The summed E-state index contributed by atoms with van der Waals surface area (Å²) >= 11 is 3.38. The Kier molecular flexibility index (Phi) is 5.11. The molecule has 1 aromatic heterocycles. The predicted octanol–water partition coefficient (Wildman–Crippen LogP) is 5.00. The Morgan fingerprint density at radius 2 is 2.10 bits per heavy atom. The minimum absolute atomic E-state index is 0.0527. The SMILES string of the molecule is C=C/C=C(\C=C(/C)Br)c1c(OF)cnn1-c1ccccc1. The largest absolute Gasteiger partial charge is 0.290 e. The van der Waals surface area contributed by atoms with Crippen LogP contribution in [0.3, 0.4) is 0 Å². The molecule has 2 rings (SSSR count). The molecule has 0 atom stereocenters. The maximum Gasteiger partial charge on any atom is 0.218 e. The van der Waals surface area contributed by atoms with Gasteiger partial charge in [-0.05, 0) is 29.6 Å². The third kappa shape index (κ3) is 3.49. The normalized spacial score (nSPS) is 12.3. The summed E-state index contributed by atoms with van der Waals surface area (Å²) in [5.41, 5.74) is 2.06. The molecule has 3 nitrogen and oxygen atoms in total. The number of rotatable bonds is 5. The molecule has 1 aromatic carbocycles. The van der Waals surface area contributed by atoms with Gasteiger partial charge in [-0.2, -0.15) is 5.10 Å². The Hall–Kier alpha value is -2.14. The maximum absolute atomic E-state index is 12.8. The summed E-state index contributed by atoms with van der Waals surface area (Å²) in [6.07, 6.45) is 6.59. The van der Waals surface area contributed by atoms with Gasteiger partial charge in [0.25, 0.3) is 0 Å². The predicted molar refractivity (Wildman–Crippen MR) is 86.2 cm³/mol. The lowest BCUT2D eigenvalue weighted by Crippen LogP contribution is -2.01. The van der Waals surface area contributed by atoms with Gasteiger partial charge in [0.2, 0.25) is 5.75 Å². The zero-order valence-corrected chi connectivity index (χ0v) is 13.0. The first-order valence-corrected chi connectivity index (χ1v) is 7.05. The van der Waals surface area contributed by atoms with Crippen LogP contribution < -0.4 is 4.94 Å². The molecule has 5 heteroatoms. The fourth-order valence-corrected chi connectivity index (χ4v) is 2.20. The number of hydrogen-bond acceptors (Lipinski definition) is 2. The van der Waals surface area contributed by atoms with Gasteiger partial charge in [0.15, 0.2) is 0 Å². The van der Waals surface area contributed by atoms with E-state index >= 15 is 0 Å². The molecule has 2 aromatic rings. The van der Waals surface area contributed by atoms with E-state index in [0.717, 1.165) is 15.7 Å². The van der Waals surface area contributed by atoms with Gasteiger partial charge in [0.1, 0.15) is 5.69 Å². The summed E-state index contributed by atoms with van der Waals surface area (Å²) in [5.74, 6) is 0.0527. The first kappa shape index (κ1) is 15.3. The topological polar surface area (TPSA) is 27.1 Å². The van der Waals surface area contributed by atoms with Crippen LogP contribution in [0, 0.1) is 0 Å². The van der Waals surface area contributed by atoms with Gasteiger partial charge < -0.3 is 0 Å². The van der Waals surface area contributed by atoms with Crippen molar-refractivity contribution < 1.29 is 9.47 Å². The number of allylic oxidation sites excluding steroid dienone is 5. The van der Waals surface area contributed by atoms with Gasteiger partial charge in [-0.15, -0.1) is 0 Å². The lowest BCUT2D eigenvalue weighted by atomic mass is 10.1. The highest BCUT2D eigenvalue weighted by Gasteiger charge is 2.17. The summed E-state index contributed by atoms with van der Waals surface area (Å²) in [6, 6.07) is 9.45. The summed E-state index contributed by atoms with van der Waals surface area (Å²) in [4.78, 5) is 3.95. The van der Waals surface area contributed by atoms with E-state index in [1.54, 1.807) is 16.8 Å². The van der Waals surface area contributed by atoms with E-state index in [-0.39, 0.29) is 5.75 Å². The second-order valence-electron chi connectivity index (χ2n) is 4.27. The highest BCUT2D eigenvalue weighted by molar-refractivity contribution is 9.11. The van der Waals surface area contributed by atoms with Gasteiger partial charge in [-0.3, -0.25) is 4.94 Å². The smallest absolute Gasteiger partial charge is 0.218 e. The number of halogens is 2. The molecule has 1 heterocycles. The van der Waals surface area contributed by atoms with Crippen molar-refractivity contribution >= 4 is 21.5 Å². The standard InChI is InChI=1S/C16H14BrFN2O/c1-3-7-13(10-12(2)17)16-15(21-18)11-19-20(16)14-8-5-4-6-9-14/h3-11H,1H2,2H3/b12-10+,13-7+. The van der Waals surface area contributed by atoms with Crippen LogP contribution in [0.25, 0.3) is 11.3 Å². The zero-order chi connectivity index (χ0) is 15.2. The number of benzene rings is 1. The van der Waals surface area contributed by atoms with Crippen molar-refractivity contribution in [1.29, 1.82) is 0 Å². The summed E-state index contributed by atoms with van der Waals surface area (Å²) in [5, 5.41) is 4.20. The fraction of sp³-hybridized carbons (Fsp3) is 0.0625. The zero-order valence-electron chi connectivity index (χ0n) is 11.5. The average Bonchev–Trinajstić information content (AvgIpc) is 2.91. The Bertz CT molecular complexity index is 686. The van der Waals surface area contributed by atoms with Gasteiger partial charge in [0.05, 0.1) is 11.9 Å². The highest BCUT2D eigenvalue weighted by atomic mass is 79.9. The van der Waals surface area contributed by atoms with Crippen LogP contribution in [0.2, 0.25) is 0 Å². The summed E-state index contributed by atoms with van der Waals surface area (Å²) in [6.45, 7) is 5.58. The Morgan fingerprint density at radius 3 is 2.67 bits per heavy atom. The van der Waals surface area contributed by atoms with Gasteiger partial charge in [-0.1, -0.05) is 52.9 Å². The van der Waals surface area contributed by atoms with Crippen LogP contribution in [-0.4, -0.2) is 9.78 Å². The monoisotopic (exact) mass is 348 g/mol. The van der Waals surface area contributed by atoms with E-state index in [4.69, 9.17) is 0 Å². The molecule has 21 heavy (non-hydrogen) atoms. The first-order valence-electron chi connectivity index (χ1n) is 6.26. The van der Waals surface area contributed by atoms with Crippen molar-refractivity contribution in [2.75, 3.05) is 0 Å². The summed E-state index contributed by atoms with van der Waals surface area (Å²) < 4.78 is 15.3. The number of hydrogen-bond donors (Lipinski definition) is 0. The molecule has 0 bridgehead atoms. The molecule has 0 saturated heterocycles. The van der Waals surface area contributed by atoms with Gasteiger partial charge >= 0.3 is 0 Å².